The van der Waals surface area contributed by atoms with E-state index in [2.05, 4.69) is 30.8 Å². The van der Waals surface area contributed by atoms with Gasteiger partial charge in [-0.1, -0.05) is 45.4 Å². The van der Waals surface area contributed by atoms with Crippen molar-refractivity contribution in [3.05, 3.63) is 72.2 Å². The fraction of sp³-hybridized carbons (Fsp3) is 0.400. The minimum Gasteiger partial charge on any atom is -0.494 e. The molecule has 0 radical (unpaired) electrons. The summed E-state index contributed by atoms with van der Waals surface area (Å²) in [6.07, 6.45) is 4.77. The lowest BCUT2D eigenvalue weighted by Gasteiger charge is -2.35. The number of amides is 1. The summed E-state index contributed by atoms with van der Waals surface area (Å²) in [6, 6.07) is 17.6. The molecule has 8 heteroatoms. The van der Waals surface area contributed by atoms with Gasteiger partial charge in [0.25, 0.3) is 5.91 Å². The van der Waals surface area contributed by atoms with E-state index in [0.717, 1.165) is 53.4 Å². The first-order chi connectivity index (χ1) is 18.5. The maximum absolute atomic E-state index is 13.2. The summed E-state index contributed by atoms with van der Waals surface area (Å²) in [5, 5.41) is 5.60. The van der Waals surface area contributed by atoms with Crippen LogP contribution in [-0.4, -0.2) is 63.3 Å². The Morgan fingerprint density at radius 1 is 0.974 bits per heavy atom. The molecule has 1 saturated heterocycles. The Bertz CT molecular complexity index is 1360. The monoisotopic (exact) mass is 512 g/mol. The average molecular weight is 513 g/mol. The zero-order valence-electron chi connectivity index (χ0n) is 22.5. The predicted molar refractivity (Wildman–Crippen MR) is 150 cm³/mol. The molecule has 4 aromatic rings. The number of fused-ring (bicyclic) bond motifs is 1. The number of nitrogens with zero attached hydrogens (tertiary/aromatic N) is 6. The van der Waals surface area contributed by atoms with Crippen molar-refractivity contribution in [1.29, 1.82) is 0 Å². The van der Waals surface area contributed by atoms with Crippen molar-refractivity contribution in [3.63, 3.8) is 0 Å². The molecule has 0 aliphatic carbocycles. The van der Waals surface area contributed by atoms with E-state index in [9.17, 15) is 4.79 Å². The molecule has 38 heavy (non-hydrogen) atoms. The Kier molecular flexibility index (Phi) is 7.86. The van der Waals surface area contributed by atoms with Crippen LogP contribution < -0.4 is 9.64 Å². The van der Waals surface area contributed by atoms with Gasteiger partial charge < -0.3 is 14.5 Å². The largest absolute Gasteiger partial charge is 0.494 e. The molecule has 1 aliphatic rings. The van der Waals surface area contributed by atoms with E-state index in [1.165, 1.54) is 0 Å². The summed E-state index contributed by atoms with van der Waals surface area (Å²) in [6.45, 7) is 9.86. The van der Waals surface area contributed by atoms with Gasteiger partial charge in [0, 0.05) is 38.2 Å². The lowest BCUT2D eigenvalue weighted by molar-refractivity contribution is 0.0746. The molecular formula is C30H36N6O2. The molecule has 2 aromatic heterocycles. The number of ether oxygens (including phenoxy) is 1. The van der Waals surface area contributed by atoms with Crippen LogP contribution in [0.15, 0.2) is 60.8 Å². The van der Waals surface area contributed by atoms with Crippen molar-refractivity contribution in [2.24, 2.45) is 5.92 Å². The molecule has 0 spiro atoms. The molecule has 0 atom stereocenters. The lowest BCUT2D eigenvalue weighted by Crippen LogP contribution is -2.49. The van der Waals surface area contributed by atoms with Crippen LogP contribution in [0.25, 0.3) is 16.7 Å². The number of para-hydroxylation sites is 1. The van der Waals surface area contributed by atoms with Gasteiger partial charge in [0.05, 0.1) is 23.9 Å². The second-order valence-corrected chi connectivity index (χ2v) is 10.2. The van der Waals surface area contributed by atoms with Crippen molar-refractivity contribution >= 4 is 22.8 Å². The summed E-state index contributed by atoms with van der Waals surface area (Å²) in [5.74, 6) is 3.01. The number of benzene rings is 2. The van der Waals surface area contributed by atoms with Gasteiger partial charge in [-0.15, -0.1) is 0 Å². The summed E-state index contributed by atoms with van der Waals surface area (Å²) in [7, 11) is 0. The summed E-state index contributed by atoms with van der Waals surface area (Å²) in [5.41, 5.74) is 2.48. The van der Waals surface area contributed by atoms with Crippen LogP contribution in [0, 0.1) is 5.92 Å². The standard InChI is InChI=1S/C30H36N6O2/c1-4-5-19-38-25-13-11-23(12-14-25)30(37)35-17-15-34(16-18-35)28-26-21-31-36(24-9-7-6-8-10-24)29(26)33-27(32-28)20-22(2)3/h6-14,21-22H,4-5,15-20H2,1-3H3. The first-order valence-corrected chi connectivity index (χ1v) is 13.6. The quantitative estimate of drug-likeness (QED) is 0.289. The SMILES string of the molecule is CCCCOc1ccc(C(=O)N2CCN(c3nc(CC(C)C)nc4c3cnn4-c3ccccc3)CC2)cc1. The van der Waals surface area contributed by atoms with Gasteiger partial charge in [-0.25, -0.2) is 14.6 Å². The molecule has 198 valence electrons. The van der Waals surface area contributed by atoms with Crippen LogP contribution in [0.1, 0.15) is 49.8 Å². The van der Waals surface area contributed by atoms with Crippen molar-refractivity contribution in [3.8, 4) is 11.4 Å². The first-order valence-electron chi connectivity index (χ1n) is 13.6. The third-order valence-corrected chi connectivity index (χ3v) is 6.78. The number of anilines is 1. The second kappa shape index (κ2) is 11.6. The number of carbonyl (C=O) groups excluding carboxylic acids is 1. The average Bonchev–Trinajstić information content (AvgIpc) is 3.37. The number of carbonyl (C=O) groups is 1. The Hall–Kier alpha value is -3.94. The fourth-order valence-corrected chi connectivity index (χ4v) is 4.72. The molecule has 5 rings (SSSR count). The summed E-state index contributed by atoms with van der Waals surface area (Å²) >= 11 is 0. The van der Waals surface area contributed by atoms with E-state index >= 15 is 0 Å². The number of unbranched alkanes of at least 4 members (excludes halogenated alkanes) is 1. The van der Waals surface area contributed by atoms with Crippen LogP contribution in [0.4, 0.5) is 5.82 Å². The lowest BCUT2D eigenvalue weighted by atomic mass is 10.1. The van der Waals surface area contributed by atoms with Crippen molar-refractivity contribution in [2.75, 3.05) is 37.7 Å². The first kappa shape index (κ1) is 25.7. The molecule has 8 nitrogen and oxygen atoms in total. The molecule has 2 aromatic carbocycles. The van der Waals surface area contributed by atoms with Crippen LogP contribution in [-0.2, 0) is 6.42 Å². The van der Waals surface area contributed by atoms with E-state index in [1.807, 2.05) is 70.4 Å². The van der Waals surface area contributed by atoms with E-state index < -0.39 is 0 Å². The van der Waals surface area contributed by atoms with Gasteiger partial charge in [0.15, 0.2) is 5.65 Å². The van der Waals surface area contributed by atoms with Crippen LogP contribution in [0.2, 0.25) is 0 Å². The van der Waals surface area contributed by atoms with E-state index in [-0.39, 0.29) is 5.91 Å². The number of hydrogen-bond acceptors (Lipinski definition) is 6. The van der Waals surface area contributed by atoms with Gasteiger partial charge in [0.1, 0.15) is 17.4 Å². The molecular weight excluding hydrogens is 476 g/mol. The van der Waals surface area contributed by atoms with Crippen LogP contribution in [0.5, 0.6) is 5.75 Å². The summed E-state index contributed by atoms with van der Waals surface area (Å²) < 4.78 is 7.63. The molecule has 0 bridgehead atoms. The molecule has 1 aliphatic heterocycles. The molecule has 3 heterocycles. The van der Waals surface area contributed by atoms with Gasteiger partial charge in [-0.05, 0) is 48.7 Å². The predicted octanol–water partition coefficient (Wildman–Crippen LogP) is 5.16. The van der Waals surface area contributed by atoms with Crippen LogP contribution >= 0.6 is 0 Å². The number of piperazine rings is 1. The van der Waals surface area contributed by atoms with Gasteiger partial charge in [0.2, 0.25) is 0 Å². The van der Waals surface area contributed by atoms with Crippen LogP contribution in [0.3, 0.4) is 0 Å². The minimum atomic E-state index is 0.0509. The Morgan fingerprint density at radius 2 is 1.71 bits per heavy atom. The van der Waals surface area contributed by atoms with Crippen molar-refractivity contribution in [1.82, 2.24) is 24.6 Å². The fourth-order valence-electron chi connectivity index (χ4n) is 4.72. The van der Waals surface area contributed by atoms with E-state index in [1.54, 1.807) is 0 Å². The number of hydrogen-bond donors (Lipinski definition) is 0. The third kappa shape index (κ3) is 5.64. The second-order valence-electron chi connectivity index (χ2n) is 10.2. The van der Waals surface area contributed by atoms with Gasteiger partial charge >= 0.3 is 0 Å². The highest BCUT2D eigenvalue weighted by Gasteiger charge is 2.26. The third-order valence-electron chi connectivity index (χ3n) is 6.78. The maximum Gasteiger partial charge on any atom is 0.253 e. The minimum absolute atomic E-state index is 0.0509. The van der Waals surface area contributed by atoms with E-state index in [0.29, 0.717) is 44.3 Å². The summed E-state index contributed by atoms with van der Waals surface area (Å²) in [4.78, 5) is 27.3. The molecule has 0 unspecified atom stereocenters. The Balaban J connectivity index is 1.33. The highest BCUT2D eigenvalue weighted by Crippen LogP contribution is 2.28. The molecule has 0 saturated carbocycles. The smallest absolute Gasteiger partial charge is 0.253 e. The zero-order valence-corrected chi connectivity index (χ0v) is 22.5. The maximum atomic E-state index is 13.2. The van der Waals surface area contributed by atoms with Crippen molar-refractivity contribution < 1.29 is 9.53 Å². The molecule has 1 fully saturated rings. The van der Waals surface area contributed by atoms with Gasteiger partial charge in [-0.2, -0.15) is 5.10 Å². The highest BCUT2D eigenvalue weighted by molar-refractivity contribution is 5.94. The topological polar surface area (TPSA) is 76.4 Å². The normalized spacial score (nSPS) is 13.9. The number of rotatable bonds is 9. The number of aromatic nitrogens is 4. The highest BCUT2D eigenvalue weighted by atomic mass is 16.5. The molecule has 1 amide bonds. The Morgan fingerprint density at radius 3 is 2.39 bits per heavy atom. The van der Waals surface area contributed by atoms with Crippen molar-refractivity contribution in [2.45, 2.75) is 40.0 Å². The van der Waals surface area contributed by atoms with E-state index in [4.69, 9.17) is 14.7 Å². The molecule has 0 N–H and O–H groups in total. The Labute approximate surface area is 224 Å². The van der Waals surface area contributed by atoms with Gasteiger partial charge in [-0.3, -0.25) is 4.79 Å². The zero-order chi connectivity index (χ0) is 26.5.